The van der Waals surface area contributed by atoms with Crippen LogP contribution in [0.4, 0.5) is 10.1 Å². The molecule has 1 N–H and O–H groups in total. The van der Waals surface area contributed by atoms with E-state index >= 15 is 0 Å². The van der Waals surface area contributed by atoms with Gasteiger partial charge in [0.25, 0.3) is 11.8 Å². The maximum absolute atomic E-state index is 13.0. The molecule has 2 aromatic rings. The monoisotopic (exact) mass is 489 g/mol. The number of hydrogen-bond acceptors (Lipinski definition) is 5. The number of amides is 2. The summed E-state index contributed by atoms with van der Waals surface area (Å²) in [6.45, 7) is 7.58. The molecule has 0 aromatic heterocycles. The molecule has 3 rings (SSSR count). The molecule has 0 bridgehead atoms. The average Bonchev–Trinajstić information content (AvgIpc) is 3.03. The molecule has 2 aromatic carbocycles. The summed E-state index contributed by atoms with van der Waals surface area (Å²) in [6, 6.07) is 10.6. The summed E-state index contributed by atoms with van der Waals surface area (Å²) in [5.74, 6) is -0.542. The predicted molar refractivity (Wildman–Crippen MR) is 132 cm³/mol. The fraction of sp³-hybridized carbons (Fsp3) is 0.292. The van der Waals surface area contributed by atoms with Gasteiger partial charge in [-0.15, -0.1) is 0 Å². The molecule has 1 heterocycles. The van der Waals surface area contributed by atoms with Crippen LogP contribution in [0, 0.1) is 5.82 Å². The lowest BCUT2D eigenvalue weighted by Gasteiger charge is -2.20. The van der Waals surface area contributed by atoms with E-state index in [2.05, 4.69) is 10.3 Å². The van der Waals surface area contributed by atoms with Crippen LogP contribution in [0.2, 0.25) is 5.02 Å². The minimum absolute atomic E-state index is 0.00572. The van der Waals surface area contributed by atoms with Crippen LogP contribution in [0.1, 0.15) is 33.3 Å². The van der Waals surface area contributed by atoms with Crippen molar-refractivity contribution in [3.8, 4) is 5.75 Å². The first-order chi connectivity index (χ1) is 15.6. The molecule has 1 fully saturated rings. The second-order valence-corrected chi connectivity index (χ2v) is 9.33. The highest BCUT2D eigenvalue weighted by Gasteiger charge is 2.35. The van der Waals surface area contributed by atoms with E-state index < -0.39 is 5.91 Å². The van der Waals surface area contributed by atoms with Gasteiger partial charge in [-0.05, 0) is 87.5 Å². The number of nitrogens with one attached hydrogen (secondary N) is 1. The summed E-state index contributed by atoms with van der Waals surface area (Å²) in [6.07, 6.45) is 1.77. The molecule has 6 nitrogen and oxygen atoms in total. The summed E-state index contributed by atoms with van der Waals surface area (Å²) < 4.78 is 18.5. The molecule has 0 atom stereocenters. The number of thioether (sulfide) groups is 1. The number of benzene rings is 2. The Morgan fingerprint density at radius 3 is 2.52 bits per heavy atom. The van der Waals surface area contributed by atoms with Crippen molar-refractivity contribution >= 4 is 52.1 Å². The highest BCUT2D eigenvalue weighted by atomic mass is 35.5. The lowest BCUT2D eigenvalue weighted by Crippen LogP contribution is -2.35. The number of amidine groups is 1. The van der Waals surface area contributed by atoms with Crippen LogP contribution in [0.15, 0.2) is 52.4 Å². The van der Waals surface area contributed by atoms with Crippen molar-refractivity contribution in [2.75, 3.05) is 11.9 Å². The van der Waals surface area contributed by atoms with Gasteiger partial charge in [0.15, 0.2) is 11.8 Å². The molecule has 2 amide bonds. The standard InChI is InChI=1S/C24H25ClFN3O3S/c1-14(2)27-24-29(15(3)4)23(31)21(33-24)12-16-5-10-20(19(25)11-16)32-13-22(30)28-18-8-6-17(26)7-9-18/h5-12,14-15H,13H2,1-4H3,(H,28,30)/b21-12+,27-24?. The van der Waals surface area contributed by atoms with E-state index in [0.717, 1.165) is 5.56 Å². The molecule has 1 aliphatic heterocycles. The van der Waals surface area contributed by atoms with Crippen LogP contribution in [-0.2, 0) is 9.59 Å². The maximum atomic E-state index is 13.0. The van der Waals surface area contributed by atoms with Crippen molar-refractivity contribution in [3.63, 3.8) is 0 Å². The molecule has 0 spiro atoms. The van der Waals surface area contributed by atoms with E-state index in [1.54, 1.807) is 29.2 Å². The number of aliphatic imine (C=N–C) groups is 1. The van der Waals surface area contributed by atoms with E-state index in [-0.39, 0.29) is 30.4 Å². The Hall–Kier alpha value is -2.84. The molecule has 0 saturated carbocycles. The van der Waals surface area contributed by atoms with Gasteiger partial charge in [0, 0.05) is 17.8 Å². The Bertz CT molecular complexity index is 1100. The molecule has 0 unspecified atom stereocenters. The molecule has 0 aliphatic carbocycles. The van der Waals surface area contributed by atoms with E-state index in [9.17, 15) is 14.0 Å². The van der Waals surface area contributed by atoms with Gasteiger partial charge in [0.1, 0.15) is 11.6 Å². The predicted octanol–water partition coefficient (Wildman–Crippen LogP) is 5.59. The topological polar surface area (TPSA) is 71.0 Å². The van der Waals surface area contributed by atoms with Crippen molar-refractivity contribution in [2.45, 2.75) is 39.8 Å². The van der Waals surface area contributed by atoms with Crippen LogP contribution < -0.4 is 10.1 Å². The molecular formula is C24H25ClFN3O3S. The fourth-order valence-corrected chi connectivity index (χ4v) is 4.48. The molecule has 0 radical (unpaired) electrons. The summed E-state index contributed by atoms with van der Waals surface area (Å²) in [7, 11) is 0. The average molecular weight is 490 g/mol. The third-order valence-corrected chi connectivity index (χ3v) is 5.75. The molecule has 9 heteroatoms. The Labute approximate surface area is 201 Å². The van der Waals surface area contributed by atoms with Crippen molar-refractivity contribution < 1.29 is 18.7 Å². The number of hydrogen-bond donors (Lipinski definition) is 1. The zero-order valence-corrected chi connectivity index (χ0v) is 20.3. The smallest absolute Gasteiger partial charge is 0.266 e. The summed E-state index contributed by atoms with van der Waals surface area (Å²) in [4.78, 5) is 31.8. The minimum atomic E-state index is -0.400. The SMILES string of the molecule is CC(C)N=C1S/C(=C/c2ccc(OCC(=O)Nc3ccc(F)cc3)c(Cl)c2)C(=O)N1C(C)C. The zero-order valence-electron chi connectivity index (χ0n) is 18.8. The van der Waals surface area contributed by atoms with Crippen molar-refractivity contribution in [2.24, 2.45) is 4.99 Å². The van der Waals surface area contributed by atoms with Crippen LogP contribution >= 0.6 is 23.4 Å². The summed E-state index contributed by atoms with van der Waals surface area (Å²) in [5.41, 5.74) is 1.20. The number of carbonyl (C=O) groups is 2. The molecular weight excluding hydrogens is 465 g/mol. The largest absolute Gasteiger partial charge is 0.482 e. The second kappa shape index (κ2) is 10.9. The minimum Gasteiger partial charge on any atom is -0.482 e. The highest BCUT2D eigenvalue weighted by molar-refractivity contribution is 8.18. The summed E-state index contributed by atoms with van der Waals surface area (Å²) >= 11 is 7.68. The normalized spacial score (nSPS) is 16.4. The fourth-order valence-electron chi connectivity index (χ4n) is 3.00. The lowest BCUT2D eigenvalue weighted by molar-refractivity contribution is -0.123. The van der Waals surface area contributed by atoms with E-state index in [1.807, 2.05) is 27.7 Å². The summed E-state index contributed by atoms with van der Waals surface area (Å²) in [5, 5.41) is 3.62. The first-order valence-corrected chi connectivity index (χ1v) is 11.6. The van der Waals surface area contributed by atoms with Gasteiger partial charge < -0.3 is 10.1 Å². The van der Waals surface area contributed by atoms with Crippen LogP contribution in [0.25, 0.3) is 6.08 Å². The Morgan fingerprint density at radius 2 is 1.91 bits per heavy atom. The van der Waals surface area contributed by atoms with Gasteiger partial charge in [-0.1, -0.05) is 17.7 Å². The number of halogens is 2. The maximum Gasteiger partial charge on any atom is 0.266 e. The van der Waals surface area contributed by atoms with E-state index in [0.29, 0.717) is 26.5 Å². The van der Waals surface area contributed by atoms with Crippen molar-refractivity contribution in [1.29, 1.82) is 0 Å². The van der Waals surface area contributed by atoms with Crippen LogP contribution in [-0.4, -0.2) is 40.6 Å². The number of anilines is 1. The molecule has 174 valence electrons. The highest BCUT2D eigenvalue weighted by Crippen LogP contribution is 2.35. The Kier molecular flexibility index (Phi) is 8.15. The number of nitrogens with zero attached hydrogens (tertiary/aromatic N) is 2. The quantitative estimate of drug-likeness (QED) is 0.515. The molecule has 1 saturated heterocycles. The Morgan fingerprint density at radius 1 is 1.21 bits per heavy atom. The van der Waals surface area contributed by atoms with Crippen LogP contribution in [0.3, 0.4) is 0 Å². The van der Waals surface area contributed by atoms with E-state index in [4.69, 9.17) is 16.3 Å². The zero-order chi connectivity index (χ0) is 24.1. The molecule has 1 aliphatic rings. The third kappa shape index (κ3) is 6.58. The third-order valence-electron chi connectivity index (χ3n) is 4.46. The van der Waals surface area contributed by atoms with Gasteiger partial charge >= 0.3 is 0 Å². The number of rotatable bonds is 7. The lowest BCUT2D eigenvalue weighted by atomic mass is 10.2. The van der Waals surface area contributed by atoms with Crippen LogP contribution in [0.5, 0.6) is 5.75 Å². The Balaban J connectivity index is 1.67. The van der Waals surface area contributed by atoms with Gasteiger partial charge in [0.2, 0.25) is 0 Å². The van der Waals surface area contributed by atoms with Gasteiger partial charge in [-0.3, -0.25) is 19.5 Å². The van der Waals surface area contributed by atoms with Crippen molar-refractivity contribution in [3.05, 3.63) is 63.8 Å². The first-order valence-electron chi connectivity index (χ1n) is 10.4. The van der Waals surface area contributed by atoms with Gasteiger partial charge in [-0.2, -0.15) is 0 Å². The van der Waals surface area contributed by atoms with Gasteiger partial charge in [0.05, 0.1) is 9.93 Å². The number of ether oxygens (including phenoxy) is 1. The van der Waals surface area contributed by atoms with E-state index in [1.165, 1.54) is 36.0 Å². The van der Waals surface area contributed by atoms with Crippen molar-refractivity contribution in [1.82, 2.24) is 4.90 Å². The van der Waals surface area contributed by atoms with Gasteiger partial charge in [-0.25, -0.2) is 4.39 Å². The molecule has 33 heavy (non-hydrogen) atoms. The number of carbonyl (C=O) groups excluding carboxylic acids is 2. The first kappa shape index (κ1) is 24.8. The second-order valence-electron chi connectivity index (χ2n) is 7.92.